The average Bonchev–Trinajstić information content (AvgIpc) is 3.04. The molecule has 0 amide bonds. The molecule has 6 nitrogen and oxygen atoms in total. The molecule has 0 aromatic heterocycles. The van der Waals surface area contributed by atoms with Gasteiger partial charge in [0.2, 0.25) is 0 Å². The molecule has 0 saturated heterocycles. The van der Waals surface area contributed by atoms with Gasteiger partial charge in [-0.25, -0.2) is 8.42 Å². The lowest BCUT2D eigenvalue weighted by molar-refractivity contribution is -0.384. The Morgan fingerprint density at radius 3 is 2.52 bits per heavy atom. The highest BCUT2D eigenvalue weighted by Crippen LogP contribution is 2.35. The molecule has 1 aliphatic heterocycles. The third-order valence-electron chi connectivity index (χ3n) is 4.24. The van der Waals surface area contributed by atoms with E-state index in [4.69, 9.17) is 11.6 Å². The molecule has 0 N–H and O–H groups in total. The van der Waals surface area contributed by atoms with Crippen LogP contribution in [0.1, 0.15) is 17.5 Å². The Morgan fingerprint density at radius 1 is 1.16 bits per heavy atom. The molecule has 0 spiro atoms. The van der Waals surface area contributed by atoms with E-state index in [0.717, 1.165) is 24.0 Å². The van der Waals surface area contributed by atoms with E-state index >= 15 is 0 Å². The monoisotopic (exact) mass is 380 g/mol. The molecule has 2 aromatic rings. The number of fused-ring (bicyclic) bond motifs is 1. The summed E-state index contributed by atoms with van der Waals surface area (Å²) in [6.45, 7) is 0.285. The van der Waals surface area contributed by atoms with Crippen molar-refractivity contribution in [3.63, 3.8) is 0 Å². The molecular weight excluding hydrogens is 364 g/mol. The molecule has 8 heteroatoms. The third kappa shape index (κ3) is 3.48. The first-order valence-electron chi connectivity index (χ1n) is 7.88. The number of aryl methyl sites for hydroxylation is 1. The number of benzene rings is 2. The number of nitro groups is 1. The van der Waals surface area contributed by atoms with Crippen molar-refractivity contribution in [2.45, 2.75) is 24.2 Å². The second-order valence-corrected chi connectivity index (χ2v) is 8.07. The normalized spacial score (nSPS) is 13.7. The number of nitrogens with zero attached hydrogens (tertiary/aromatic N) is 2. The molecule has 0 unspecified atom stereocenters. The lowest BCUT2D eigenvalue weighted by atomic mass is 10.1. The minimum absolute atomic E-state index is 0.114. The van der Waals surface area contributed by atoms with Gasteiger partial charge in [0.15, 0.2) is 0 Å². The number of nitro benzene ring substituents is 1. The Bertz CT molecular complexity index is 897. The fraction of sp³-hybridized carbons (Fsp3) is 0.294. The maximum absolute atomic E-state index is 12.9. The predicted octanol–water partition coefficient (Wildman–Crippen LogP) is 3.52. The summed E-state index contributed by atoms with van der Waals surface area (Å²) in [5, 5.41) is 11.0. The highest BCUT2D eigenvalue weighted by Gasteiger charge is 2.32. The number of non-ortho nitro benzene ring substituents is 1. The molecule has 0 radical (unpaired) electrons. The van der Waals surface area contributed by atoms with Gasteiger partial charge in [0, 0.05) is 24.6 Å². The molecule has 1 aliphatic rings. The standard InChI is InChI=1S/C17H17ClN2O4S/c18-10-1-2-13-3-7-16(8-4-13)25(23,24)19-11-9-14-5-6-15(20(21)22)12-17(14)19/h3-8,12H,1-2,9-11H2. The second-order valence-electron chi connectivity index (χ2n) is 5.83. The molecule has 2 aromatic carbocycles. The Labute approximate surface area is 151 Å². The number of anilines is 1. The van der Waals surface area contributed by atoms with Crippen molar-refractivity contribution in [3.05, 3.63) is 63.7 Å². The first-order valence-corrected chi connectivity index (χ1v) is 9.86. The number of rotatable bonds is 6. The fourth-order valence-electron chi connectivity index (χ4n) is 2.93. The highest BCUT2D eigenvalue weighted by atomic mass is 35.5. The topological polar surface area (TPSA) is 80.5 Å². The Balaban J connectivity index is 1.92. The SMILES string of the molecule is O=[N+]([O-])c1ccc2c(c1)N(S(=O)(=O)c1ccc(CCCCl)cc1)CC2. The smallest absolute Gasteiger partial charge is 0.265 e. The van der Waals surface area contributed by atoms with Gasteiger partial charge in [-0.05, 0) is 42.5 Å². The van der Waals surface area contributed by atoms with Crippen LogP contribution >= 0.6 is 11.6 Å². The van der Waals surface area contributed by atoms with Crippen LogP contribution in [0.25, 0.3) is 0 Å². The molecule has 132 valence electrons. The quantitative estimate of drug-likeness (QED) is 0.436. The van der Waals surface area contributed by atoms with Crippen molar-refractivity contribution in [1.29, 1.82) is 0 Å². The Morgan fingerprint density at radius 2 is 1.88 bits per heavy atom. The minimum atomic E-state index is -3.75. The van der Waals surface area contributed by atoms with E-state index in [9.17, 15) is 18.5 Å². The summed E-state index contributed by atoms with van der Waals surface area (Å²) in [4.78, 5) is 10.6. The van der Waals surface area contributed by atoms with E-state index in [1.165, 1.54) is 16.4 Å². The van der Waals surface area contributed by atoms with Crippen LogP contribution in [0, 0.1) is 10.1 Å². The molecule has 0 aliphatic carbocycles. The Hall–Kier alpha value is -2.12. The number of hydrogen-bond donors (Lipinski definition) is 0. The highest BCUT2D eigenvalue weighted by molar-refractivity contribution is 7.92. The van der Waals surface area contributed by atoms with Crippen molar-refractivity contribution < 1.29 is 13.3 Å². The summed E-state index contributed by atoms with van der Waals surface area (Å²) in [5.41, 5.74) is 2.10. The lowest BCUT2D eigenvalue weighted by Gasteiger charge is -2.19. The number of sulfonamides is 1. The van der Waals surface area contributed by atoms with Crippen LogP contribution < -0.4 is 4.31 Å². The summed E-state index contributed by atoms with van der Waals surface area (Å²) < 4.78 is 27.1. The van der Waals surface area contributed by atoms with Gasteiger partial charge in [0.1, 0.15) is 0 Å². The molecule has 25 heavy (non-hydrogen) atoms. The van der Waals surface area contributed by atoms with Crippen LogP contribution in [0.5, 0.6) is 0 Å². The summed E-state index contributed by atoms with van der Waals surface area (Å²) in [6.07, 6.45) is 2.17. The Kier molecular flexibility index (Phi) is 4.96. The predicted molar refractivity (Wildman–Crippen MR) is 96.8 cm³/mol. The maximum atomic E-state index is 12.9. The molecular formula is C17H17ClN2O4S. The number of halogens is 1. The van der Waals surface area contributed by atoms with E-state index in [1.807, 2.05) is 0 Å². The fourth-order valence-corrected chi connectivity index (χ4v) is 4.56. The summed E-state index contributed by atoms with van der Waals surface area (Å²) in [5.74, 6) is 0.559. The summed E-state index contributed by atoms with van der Waals surface area (Å²) in [6, 6.07) is 11.1. The maximum Gasteiger partial charge on any atom is 0.271 e. The molecule has 0 atom stereocenters. The van der Waals surface area contributed by atoms with Gasteiger partial charge in [0.05, 0.1) is 15.5 Å². The zero-order valence-corrected chi connectivity index (χ0v) is 15.0. The third-order valence-corrected chi connectivity index (χ3v) is 6.34. The first kappa shape index (κ1) is 17.7. The van der Waals surface area contributed by atoms with Gasteiger partial charge in [-0.2, -0.15) is 0 Å². The minimum Gasteiger partial charge on any atom is -0.265 e. The van der Waals surface area contributed by atoms with Crippen LogP contribution in [0.3, 0.4) is 0 Å². The second kappa shape index (κ2) is 7.01. The summed E-state index contributed by atoms with van der Waals surface area (Å²) in [7, 11) is -3.75. The van der Waals surface area contributed by atoms with Gasteiger partial charge in [-0.3, -0.25) is 14.4 Å². The van der Waals surface area contributed by atoms with E-state index in [0.29, 0.717) is 18.0 Å². The molecule has 0 saturated carbocycles. The van der Waals surface area contributed by atoms with Gasteiger partial charge >= 0.3 is 0 Å². The largest absolute Gasteiger partial charge is 0.271 e. The van der Waals surface area contributed by atoms with E-state index in [-0.39, 0.29) is 17.1 Å². The van der Waals surface area contributed by atoms with Crippen LogP contribution in [-0.2, 0) is 22.9 Å². The van der Waals surface area contributed by atoms with Gasteiger partial charge < -0.3 is 0 Å². The molecule has 3 rings (SSSR count). The van der Waals surface area contributed by atoms with Crippen molar-refractivity contribution in [2.24, 2.45) is 0 Å². The zero-order valence-electron chi connectivity index (χ0n) is 13.4. The van der Waals surface area contributed by atoms with Crippen LogP contribution in [0.15, 0.2) is 47.4 Å². The van der Waals surface area contributed by atoms with Gasteiger partial charge in [-0.1, -0.05) is 18.2 Å². The average molecular weight is 381 g/mol. The van der Waals surface area contributed by atoms with E-state index in [2.05, 4.69) is 0 Å². The molecule has 0 bridgehead atoms. The van der Waals surface area contributed by atoms with E-state index < -0.39 is 14.9 Å². The number of alkyl halides is 1. The van der Waals surface area contributed by atoms with E-state index in [1.54, 1.807) is 30.3 Å². The molecule has 1 heterocycles. The van der Waals surface area contributed by atoms with Crippen molar-refractivity contribution >= 4 is 33.0 Å². The van der Waals surface area contributed by atoms with Gasteiger partial charge in [-0.15, -0.1) is 11.6 Å². The molecule has 0 fully saturated rings. The number of hydrogen-bond acceptors (Lipinski definition) is 4. The zero-order chi connectivity index (χ0) is 18.0. The first-order chi connectivity index (χ1) is 11.9. The van der Waals surface area contributed by atoms with Crippen LogP contribution in [-0.4, -0.2) is 25.8 Å². The summed E-state index contributed by atoms with van der Waals surface area (Å²) >= 11 is 5.67. The van der Waals surface area contributed by atoms with Crippen LogP contribution in [0.2, 0.25) is 0 Å². The van der Waals surface area contributed by atoms with Gasteiger partial charge in [0.25, 0.3) is 15.7 Å². The van der Waals surface area contributed by atoms with Crippen molar-refractivity contribution in [3.8, 4) is 0 Å². The lowest BCUT2D eigenvalue weighted by Crippen LogP contribution is -2.29. The van der Waals surface area contributed by atoms with Crippen molar-refractivity contribution in [1.82, 2.24) is 0 Å². The van der Waals surface area contributed by atoms with Crippen molar-refractivity contribution in [2.75, 3.05) is 16.7 Å². The van der Waals surface area contributed by atoms with Crippen LogP contribution in [0.4, 0.5) is 11.4 Å².